The van der Waals surface area contributed by atoms with Gasteiger partial charge in [0.1, 0.15) is 90.6 Å². The van der Waals surface area contributed by atoms with E-state index in [-0.39, 0.29) is 76.7 Å². The molecule has 0 aliphatic carbocycles. The van der Waals surface area contributed by atoms with Gasteiger partial charge >= 0.3 is 5.97 Å². The van der Waals surface area contributed by atoms with Gasteiger partial charge in [-0.15, -0.1) is 0 Å². The van der Waals surface area contributed by atoms with Gasteiger partial charge in [0.2, 0.25) is 100 Å². The summed E-state index contributed by atoms with van der Waals surface area (Å²) in [6.45, 7) is 9.08. The van der Waals surface area contributed by atoms with Crippen molar-refractivity contribution in [3.05, 3.63) is 54.2 Å². The van der Waals surface area contributed by atoms with E-state index in [4.69, 9.17) is 51.0 Å². The maximum atomic E-state index is 14.4. The Bertz CT molecular complexity index is 4250. The number of H-pyrrole nitrogens is 2. The lowest BCUT2D eigenvalue weighted by Crippen LogP contribution is -2.62. The molecule has 0 aliphatic heterocycles. The summed E-state index contributed by atoms with van der Waals surface area (Å²) in [7, 11) is 0. The number of thiol groups is 1. The van der Waals surface area contributed by atoms with Gasteiger partial charge in [-0.2, -0.15) is 12.6 Å². The lowest BCUT2D eigenvalue weighted by molar-refractivity contribution is -0.143. The third kappa shape index (κ3) is 37.3. The normalized spacial score (nSPS) is 15.4. The maximum Gasteiger partial charge on any atom is 0.326 e. The topological polar surface area (TPSA) is 835 Å². The van der Waals surface area contributed by atoms with Crippen molar-refractivity contribution in [2.75, 3.05) is 32.0 Å². The van der Waals surface area contributed by atoms with Crippen LogP contribution in [-0.4, -0.2) is 277 Å². The fourth-order valence-electron chi connectivity index (χ4n) is 12.3. The minimum absolute atomic E-state index is 0.00545. The number of guanidine groups is 2. The number of primary amides is 3. The van der Waals surface area contributed by atoms with E-state index >= 15 is 0 Å². The highest BCUT2D eigenvalue weighted by atomic mass is 32.1. The smallest absolute Gasteiger partial charge is 0.326 e. The van der Waals surface area contributed by atoms with Gasteiger partial charge in [-0.05, 0) is 102 Å². The fourth-order valence-corrected chi connectivity index (χ4v) is 12.6. The molecule has 49 nitrogen and oxygen atoms in total. The predicted octanol–water partition coefficient (Wildman–Crippen LogP) is -10.0. The summed E-state index contributed by atoms with van der Waals surface area (Å²) in [5.74, 6) is -22.3. The van der Waals surface area contributed by atoms with Gasteiger partial charge in [0.15, 0.2) is 11.9 Å². The number of carbonyl (C=O) groups excluding carboxylic acids is 17. The molecule has 2 heterocycles. The molecule has 0 aliphatic rings. The second-order valence-electron chi connectivity index (χ2n) is 30.2. The number of hydrogen-bond acceptors (Lipinski definition) is 26. The second-order valence-corrected chi connectivity index (χ2v) is 30.6. The summed E-state index contributed by atoms with van der Waals surface area (Å²) in [6, 6.07) is -17.3. The Kier molecular flexibility index (Phi) is 46.6. The Morgan fingerprint density at radius 2 is 0.857 bits per heavy atom. The average Bonchev–Trinajstić information content (AvgIpc) is 1.63. The first-order chi connectivity index (χ1) is 59.4. The molecule has 0 saturated carbocycles. The van der Waals surface area contributed by atoms with Gasteiger partial charge in [0.25, 0.3) is 0 Å². The van der Waals surface area contributed by atoms with Crippen molar-refractivity contribution >= 4 is 142 Å². The standard InChI is InChI=1S/C76H124N28O21S/c1-8-35(3)58(73(123)101-52(32-105)69(119)94-45(19-14-24-87-75(82)83)62(112)91-37(5)60(110)93-44(18-12-13-23-77)65(115)98-48(66(116)100-51(74(124)125)29-56(80)109)26-40-30-89-43-17-11-10-16-42(40)43)103-68(118)50(28-55(79)108)99-70(120)53(33-126)102-67(117)49(27-41-31-86-34-90-41)97-61(111)38(6)92-63(113)47(21-22-54(78)107)95-64(114)46(20-15-25-88-76(84)85)96-72(122)59(36(4)9-2)104-71(121)57(81)39(7)106/h10-11,16-17,30-31,34-39,44-53,57-59,89,105-106,126H,8-9,12-15,18-29,32-33,77,81H2,1-7H3,(H2,78,107)(H2,79,108)(H2,80,109)(H,86,90)(H,91,112)(H,92,113)(H,93,110)(H,94,119)(H,95,114)(H,96,122)(H,97,111)(H,98,115)(H,99,120)(H,100,116)(H,101,123)(H,102,117)(H,103,118)(H,104,121)(H,124,125)(H4,82,83,87)(H4,84,85,88)/t35-,36-,37-,38-,39+,44-,45-,46-,47-,48-,49-,50-,51-,52-,53-,57-,58-,59-/m0/s1. The minimum Gasteiger partial charge on any atom is -0.480 e. The van der Waals surface area contributed by atoms with Gasteiger partial charge < -0.3 is 150 Å². The number of aromatic amines is 2. The van der Waals surface area contributed by atoms with E-state index in [1.807, 2.05) is 0 Å². The molecular formula is C76H124N28O21S. The van der Waals surface area contributed by atoms with Crippen molar-refractivity contribution in [1.29, 1.82) is 10.8 Å². The molecular weight excluding hydrogens is 1670 g/mol. The van der Waals surface area contributed by atoms with E-state index in [0.717, 1.165) is 0 Å². The first-order valence-corrected chi connectivity index (χ1v) is 41.4. The number of aromatic nitrogens is 3. The zero-order valence-electron chi connectivity index (χ0n) is 71.2. The number of aliphatic hydroxyl groups is 2. The quantitative estimate of drug-likeness (QED) is 0.0108. The molecule has 126 heavy (non-hydrogen) atoms. The number of para-hydroxylation sites is 1. The van der Waals surface area contributed by atoms with Gasteiger partial charge in [0.05, 0.1) is 37.6 Å². The van der Waals surface area contributed by atoms with Crippen molar-refractivity contribution in [3.63, 3.8) is 0 Å². The van der Waals surface area contributed by atoms with Crippen molar-refractivity contribution < 1.29 is 102 Å². The first-order valence-electron chi connectivity index (χ1n) is 40.8. The summed E-state index contributed by atoms with van der Waals surface area (Å²) < 4.78 is 0. The Hall–Kier alpha value is -12.8. The molecule has 3 aromatic rings. The molecule has 37 N–H and O–H groups in total. The van der Waals surface area contributed by atoms with Gasteiger partial charge in [-0.1, -0.05) is 58.7 Å². The number of carbonyl (C=O) groups is 18. The summed E-state index contributed by atoms with van der Waals surface area (Å²) in [5, 5.41) is 85.4. The highest BCUT2D eigenvalue weighted by Gasteiger charge is 2.40. The molecule has 2 aromatic heterocycles. The van der Waals surface area contributed by atoms with Crippen LogP contribution >= 0.6 is 12.6 Å². The third-order valence-corrected chi connectivity index (χ3v) is 20.4. The SMILES string of the molecule is CC[C@H](C)[C@H](NC(=O)[C@H](CC(N)=O)NC(=O)[C@H](CS)NC(=O)[C@H](Cc1c[nH]cn1)NC(=O)[C@H](C)NC(=O)[C@H](CCC(N)=O)NC(=O)[C@H](CCCNC(=N)N)NC(=O)[C@@H](NC(=O)[C@@H](N)[C@@H](C)O)[C@@H](C)CC)C(=O)N[C@@H](CO)C(=O)N[C@@H](CCCNC(=N)N)C(=O)N[C@@H](C)C(=O)N[C@@H](CCCCN)C(=O)N[C@@H](Cc1c[nH]c2ccccc12)C(=O)N[C@@H](CC(N)=O)C(=O)O. The van der Waals surface area contributed by atoms with Crippen LogP contribution < -0.4 is 125 Å². The van der Waals surface area contributed by atoms with Crippen LogP contribution in [0.5, 0.6) is 0 Å². The van der Waals surface area contributed by atoms with Gasteiger partial charge in [-0.3, -0.25) is 92.3 Å². The van der Waals surface area contributed by atoms with Crippen LogP contribution in [0.2, 0.25) is 0 Å². The van der Waals surface area contributed by atoms with E-state index in [1.54, 1.807) is 51.2 Å². The van der Waals surface area contributed by atoms with Crippen molar-refractivity contribution in [3.8, 4) is 0 Å². The van der Waals surface area contributed by atoms with Crippen LogP contribution in [0.25, 0.3) is 10.9 Å². The minimum atomic E-state index is -1.93. The summed E-state index contributed by atoms with van der Waals surface area (Å²) in [5.41, 5.74) is 40.1. The highest BCUT2D eigenvalue weighted by molar-refractivity contribution is 7.80. The molecule has 17 amide bonds. The summed E-state index contributed by atoms with van der Waals surface area (Å²) in [4.78, 5) is 256. The number of hydrogen-bond donors (Lipinski definition) is 31. The molecule has 18 atom stereocenters. The third-order valence-electron chi connectivity index (χ3n) is 20.1. The number of nitrogens with zero attached hydrogens (tertiary/aromatic N) is 1. The van der Waals surface area contributed by atoms with Crippen molar-refractivity contribution in [1.82, 2.24) is 100 Å². The Labute approximate surface area is 731 Å². The van der Waals surface area contributed by atoms with Crippen LogP contribution in [0.15, 0.2) is 43.0 Å². The maximum absolute atomic E-state index is 14.4. The molecule has 3 rings (SSSR count). The molecule has 0 saturated heterocycles. The van der Waals surface area contributed by atoms with Gasteiger partial charge in [-0.25, -0.2) is 9.78 Å². The number of carboxylic acid groups (broad SMARTS) is 1. The second kappa shape index (κ2) is 54.7. The predicted molar refractivity (Wildman–Crippen MR) is 457 cm³/mol. The van der Waals surface area contributed by atoms with Crippen LogP contribution in [-0.2, 0) is 99.1 Å². The summed E-state index contributed by atoms with van der Waals surface area (Å²) >= 11 is 4.24. The molecule has 0 bridgehead atoms. The Balaban J connectivity index is 1.87. The number of nitrogens with one attached hydrogen (secondary N) is 20. The zero-order valence-corrected chi connectivity index (χ0v) is 72.1. The molecule has 50 heteroatoms. The number of nitrogens with two attached hydrogens (primary N) is 7. The zero-order chi connectivity index (χ0) is 94.8. The van der Waals surface area contributed by atoms with Crippen molar-refractivity contribution in [2.45, 2.75) is 242 Å². The molecule has 0 unspecified atom stereocenters. The lowest BCUT2D eigenvalue weighted by atomic mass is 9.96. The first kappa shape index (κ1) is 107. The van der Waals surface area contributed by atoms with Crippen LogP contribution in [0, 0.1) is 22.7 Å². The average molecular weight is 1800 g/mol. The lowest BCUT2D eigenvalue weighted by Gasteiger charge is -2.29. The number of aliphatic hydroxyl groups excluding tert-OH is 2. The van der Waals surface area contributed by atoms with Crippen LogP contribution in [0.3, 0.4) is 0 Å². The number of imidazole rings is 1. The number of benzene rings is 1. The van der Waals surface area contributed by atoms with E-state index < -0.39 is 271 Å². The van der Waals surface area contributed by atoms with E-state index in [9.17, 15) is 102 Å². The Morgan fingerprint density at radius 3 is 1.32 bits per heavy atom. The van der Waals surface area contributed by atoms with E-state index in [0.29, 0.717) is 29.3 Å². The number of fused-ring (bicyclic) bond motifs is 1. The number of amides is 17. The number of aliphatic carboxylic acids is 1. The Morgan fingerprint density at radius 1 is 0.460 bits per heavy atom. The molecule has 1 aromatic carbocycles. The molecule has 0 fully saturated rings. The molecule has 700 valence electrons. The van der Waals surface area contributed by atoms with Crippen molar-refractivity contribution in [2.24, 2.45) is 52.0 Å². The largest absolute Gasteiger partial charge is 0.480 e. The fraction of sp³-hybridized carbons (Fsp3) is 0.592. The van der Waals surface area contributed by atoms with E-state index in [2.05, 4.69) is 113 Å². The molecule has 0 spiro atoms. The van der Waals surface area contributed by atoms with Crippen LogP contribution in [0.4, 0.5) is 0 Å². The number of unbranched alkanes of at least 4 members (excludes halogenated alkanes) is 1. The van der Waals surface area contributed by atoms with Crippen LogP contribution in [0.1, 0.15) is 143 Å². The van der Waals surface area contributed by atoms with Gasteiger partial charge in [0, 0.05) is 61.4 Å². The highest BCUT2D eigenvalue weighted by Crippen LogP contribution is 2.21. The number of carboxylic acids is 1. The number of rotatable bonds is 59. The monoisotopic (exact) mass is 1800 g/mol. The van der Waals surface area contributed by atoms with E-state index in [1.165, 1.54) is 40.2 Å². The summed E-state index contributed by atoms with van der Waals surface area (Å²) in [6.07, 6.45) is 0.0748. The molecule has 0 radical (unpaired) electrons.